The van der Waals surface area contributed by atoms with Gasteiger partial charge in [0.25, 0.3) is 5.91 Å². The van der Waals surface area contributed by atoms with Gasteiger partial charge in [-0.3, -0.25) is 4.79 Å². The summed E-state index contributed by atoms with van der Waals surface area (Å²) < 4.78 is 12.2. The van der Waals surface area contributed by atoms with Gasteiger partial charge < -0.3 is 9.47 Å². The molecule has 0 aliphatic rings. The number of carbonyl (C=O) groups is 1. The van der Waals surface area contributed by atoms with Crippen molar-refractivity contribution in [1.29, 1.82) is 0 Å². The summed E-state index contributed by atoms with van der Waals surface area (Å²) in [5.74, 6) is 0.914. The van der Waals surface area contributed by atoms with Crippen LogP contribution in [0.5, 0.6) is 11.5 Å². The van der Waals surface area contributed by atoms with Crippen LogP contribution in [0.4, 0.5) is 0 Å². The molecule has 0 spiro atoms. The first-order chi connectivity index (χ1) is 14.5. The van der Waals surface area contributed by atoms with Crippen molar-refractivity contribution in [3.05, 3.63) is 93.0 Å². The van der Waals surface area contributed by atoms with E-state index in [1.165, 1.54) is 5.56 Å². The molecule has 154 valence electrons. The van der Waals surface area contributed by atoms with Crippen LogP contribution in [-0.2, 0) is 6.61 Å². The molecule has 0 aliphatic heterocycles. The van der Waals surface area contributed by atoms with Crippen molar-refractivity contribution in [3.63, 3.8) is 0 Å². The third kappa shape index (κ3) is 5.70. The number of carbonyl (C=O) groups excluding carboxylic acids is 1. The molecular formula is C24H23BrN2O3. The van der Waals surface area contributed by atoms with E-state index in [0.717, 1.165) is 21.2 Å². The Morgan fingerprint density at radius 3 is 2.30 bits per heavy atom. The van der Waals surface area contributed by atoms with Crippen molar-refractivity contribution < 1.29 is 14.3 Å². The number of nitrogens with one attached hydrogen (secondary N) is 1. The summed E-state index contributed by atoms with van der Waals surface area (Å²) in [5, 5.41) is 4.05. The number of nitrogens with zero attached hydrogens (tertiary/aromatic N) is 1. The highest BCUT2D eigenvalue weighted by Gasteiger charge is 2.12. The smallest absolute Gasteiger partial charge is 0.271 e. The van der Waals surface area contributed by atoms with Gasteiger partial charge >= 0.3 is 0 Å². The van der Waals surface area contributed by atoms with E-state index < -0.39 is 0 Å². The number of ether oxygens (including phenoxy) is 2. The maximum Gasteiger partial charge on any atom is 0.271 e. The Labute approximate surface area is 184 Å². The summed E-state index contributed by atoms with van der Waals surface area (Å²) in [7, 11) is 1.58. The first-order valence-corrected chi connectivity index (χ1v) is 10.2. The molecule has 5 nitrogen and oxygen atoms in total. The molecule has 0 bridgehead atoms. The minimum absolute atomic E-state index is 0.268. The highest BCUT2D eigenvalue weighted by molar-refractivity contribution is 9.10. The molecule has 0 radical (unpaired) electrons. The molecular weight excluding hydrogens is 444 g/mol. The van der Waals surface area contributed by atoms with Gasteiger partial charge in [0.2, 0.25) is 0 Å². The van der Waals surface area contributed by atoms with Gasteiger partial charge in [-0.2, -0.15) is 5.10 Å². The number of hydrazone groups is 1. The molecule has 0 aliphatic carbocycles. The molecule has 3 aromatic carbocycles. The zero-order valence-corrected chi connectivity index (χ0v) is 18.7. The Hall–Kier alpha value is -3.12. The summed E-state index contributed by atoms with van der Waals surface area (Å²) in [6, 6.07) is 19.1. The number of aryl methyl sites for hydroxylation is 2. The molecule has 3 aromatic rings. The predicted octanol–water partition coefficient (Wildman–Crippen LogP) is 5.42. The van der Waals surface area contributed by atoms with Crippen molar-refractivity contribution in [2.45, 2.75) is 20.5 Å². The number of amides is 1. The molecule has 0 saturated carbocycles. The van der Waals surface area contributed by atoms with Gasteiger partial charge in [0.1, 0.15) is 6.61 Å². The van der Waals surface area contributed by atoms with E-state index >= 15 is 0 Å². The molecule has 3 rings (SSSR count). The minimum atomic E-state index is -0.268. The monoisotopic (exact) mass is 466 g/mol. The summed E-state index contributed by atoms with van der Waals surface area (Å²) in [5.41, 5.74) is 7.21. The first-order valence-electron chi connectivity index (χ1n) is 9.42. The quantitative estimate of drug-likeness (QED) is 0.373. The topological polar surface area (TPSA) is 59.9 Å². The van der Waals surface area contributed by atoms with E-state index in [4.69, 9.17) is 9.47 Å². The van der Waals surface area contributed by atoms with Gasteiger partial charge in [-0.25, -0.2) is 5.43 Å². The van der Waals surface area contributed by atoms with Gasteiger partial charge in [0.15, 0.2) is 11.5 Å². The second-order valence-corrected chi connectivity index (χ2v) is 7.73. The van der Waals surface area contributed by atoms with E-state index in [1.54, 1.807) is 31.5 Å². The van der Waals surface area contributed by atoms with E-state index in [9.17, 15) is 4.79 Å². The molecule has 0 heterocycles. The molecule has 0 unspecified atom stereocenters. The Morgan fingerprint density at radius 1 is 1.03 bits per heavy atom. The van der Waals surface area contributed by atoms with Crippen molar-refractivity contribution >= 4 is 28.1 Å². The van der Waals surface area contributed by atoms with E-state index in [-0.39, 0.29) is 5.91 Å². The van der Waals surface area contributed by atoms with Crippen LogP contribution in [0.3, 0.4) is 0 Å². The molecule has 0 aromatic heterocycles. The summed E-state index contributed by atoms with van der Waals surface area (Å²) >= 11 is 3.53. The highest BCUT2D eigenvalue weighted by atomic mass is 79.9. The van der Waals surface area contributed by atoms with Gasteiger partial charge in [-0.05, 0) is 65.2 Å². The first kappa shape index (κ1) is 21.6. The number of hydrogen-bond acceptors (Lipinski definition) is 4. The lowest BCUT2D eigenvalue weighted by atomic mass is 10.1. The zero-order valence-electron chi connectivity index (χ0n) is 17.1. The highest BCUT2D eigenvalue weighted by Crippen LogP contribution is 2.36. The maximum absolute atomic E-state index is 12.2. The SMILES string of the molecule is COc1cc(/C=N\NC(=O)c2ccc(C)cc2)cc(Br)c1OCc1ccc(C)cc1. The lowest BCUT2D eigenvalue weighted by Gasteiger charge is -2.13. The molecule has 1 amide bonds. The van der Waals surface area contributed by atoms with Gasteiger partial charge in [0, 0.05) is 5.56 Å². The van der Waals surface area contributed by atoms with Gasteiger partial charge in [-0.15, -0.1) is 0 Å². The third-order valence-corrected chi connectivity index (χ3v) is 5.04. The number of rotatable bonds is 7. The van der Waals surface area contributed by atoms with Gasteiger partial charge in [0.05, 0.1) is 17.8 Å². The van der Waals surface area contributed by atoms with Crippen molar-refractivity contribution in [2.24, 2.45) is 5.10 Å². The molecule has 6 heteroatoms. The molecule has 0 atom stereocenters. The summed E-state index contributed by atoms with van der Waals surface area (Å²) in [4.78, 5) is 12.2. The van der Waals surface area contributed by atoms with Crippen LogP contribution in [0.15, 0.2) is 70.2 Å². The van der Waals surface area contributed by atoms with Crippen LogP contribution >= 0.6 is 15.9 Å². The number of methoxy groups -OCH3 is 1. The average molecular weight is 467 g/mol. The molecule has 0 fully saturated rings. The fraction of sp³-hybridized carbons (Fsp3) is 0.167. The van der Waals surface area contributed by atoms with Crippen LogP contribution in [0, 0.1) is 13.8 Å². The Kier molecular flexibility index (Phi) is 7.25. The zero-order chi connectivity index (χ0) is 21.5. The van der Waals surface area contributed by atoms with E-state index in [2.05, 4.69) is 38.6 Å². The molecule has 30 heavy (non-hydrogen) atoms. The lowest BCUT2D eigenvalue weighted by molar-refractivity contribution is 0.0955. The van der Waals surface area contributed by atoms with E-state index in [1.807, 2.05) is 44.2 Å². The minimum Gasteiger partial charge on any atom is -0.493 e. The van der Waals surface area contributed by atoms with Crippen LogP contribution in [0.2, 0.25) is 0 Å². The summed E-state index contributed by atoms with van der Waals surface area (Å²) in [6.45, 7) is 4.45. The maximum atomic E-state index is 12.2. The van der Waals surface area contributed by atoms with Crippen LogP contribution in [0.25, 0.3) is 0 Å². The normalized spacial score (nSPS) is 10.8. The number of halogens is 1. The second-order valence-electron chi connectivity index (χ2n) is 6.87. The average Bonchev–Trinajstić information content (AvgIpc) is 2.74. The number of hydrogen-bond donors (Lipinski definition) is 1. The van der Waals surface area contributed by atoms with Crippen molar-refractivity contribution in [2.75, 3.05) is 7.11 Å². The lowest BCUT2D eigenvalue weighted by Crippen LogP contribution is -2.17. The second kappa shape index (κ2) is 10.1. The molecule has 1 N–H and O–H groups in total. The van der Waals surface area contributed by atoms with E-state index in [0.29, 0.717) is 23.7 Å². The predicted molar refractivity (Wildman–Crippen MR) is 122 cm³/mol. The largest absolute Gasteiger partial charge is 0.493 e. The fourth-order valence-electron chi connectivity index (χ4n) is 2.73. The fourth-order valence-corrected chi connectivity index (χ4v) is 3.30. The van der Waals surface area contributed by atoms with Crippen LogP contribution < -0.4 is 14.9 Å². The standard InChI is InChI=1S/C24H23BrN2O3/c1-16-4-8-18(9-5-16)15-30-23-21(25)12-19(13-22(23)29-3)14-26-27-24(28)20-10-6-17(2)7-11-20/h4-14H,15H2,1-3H3,(H,27,28)/b26-14-. The van der Waals surface area contributed by atoms with Crippen LogP contribution in [0.1, 0.15) is 32.6 Å². The molecule has 0 saturated heterocycles. The Balaban J connectivity index is 1.68. The Bertz CT molecular complexity index is 1050. The van der Waals surface area contributed by atoms with Crippen molar-refractivity contribution in [1.82, 2.24) is 5.43 Å². The van der Waals surface area contributed by atoms with Crippen LogP contribution in [-0.4, -0.2) is 19.2 Å². The van der Waals surface area contributed by atoms with Gasteiger partial charge in [-0.1, -0.05) is 47.5 Å². The Morgan fingerprint density at radius 2 is 1.67 bits per heavy atom. The number of benzene rings is 3. The third-order valence-electron chi connectivity index (χ3n) is 4.45. The summed E-state index contributed by atoms with van der Waals surface area (Å²) in [6.07, 6.45) is 1.56. The van der Waals surface area contributed by atoms with Crippen molar-refractivity contribution in [3.8, 4) is 11.5 Å².